The number of benzene rings is 1. The summed E-state index contributed by atoms with van der Waals surface area (Å²) >= 11 is 0. The Morgan fingerprint density at radius 2 is 1.64 bits per heavy atom. The van der Waals surface area contributed by atoms with Gasteiger partial charge in [0.15, 0.2) is 0 Å². The van der Waals surface area contributed by atoms with Crippen molar-refractivity contribution in [2.45, 2.75) is 6.42 Å². The first-order valence-corrected chi connectivity index (χ1v) is 8.98. The highest BCUT2D eigenvalue weighted by Gasteiger charge is 2.22. The van der Waals surface area contributed by atoms with Crippen molar-refractivity contribution in [3.63, 3.8) is 0 Å². The molecule has 0 atom stereocenters. The largest absolute Gasteiger partial charge is 0.314 e. The van der Waals surface area contributed by atoms with Gasteiger partial charge in [0.1, 0.15) is 0 Å². The van der Waals surface area contributed by atoms with Gasteiger partial charge in [-0.25, -0.2) is 8.42 Å². The van der Waals surface area contributed by atoms with Crippen LogP contribution in [0.25, 0.3) is 0 Å². The smallest absolute Gasteiger partial charge is 0.242 e. The molecule has 0 N–H and O–H groups in total. The lowest BCUT2D eigenvalue weighted by Gasteiger charge is -2.24. The van der Waals surface area contributed by atoms with E-state index in [9.17, 15) is 13.2 Å². The molecule has 0 heterocycles. The lowest BCUT2D eigenvalue weighted by Crippen LogP contribution is -2.42. The first-order chi connectivity index (χ1) is 10.2. The van der Waals surface area contributed by atoms with Gasteiger partial charge in [0.05, 0.1) is 12.8 Å². The molecule has 7 heteroatoms. The summed E-state index contributed by atoms with van der Waals surface area (Å²) in [5, 5.41) is 0. The highest BCUT2D eigenvalue weighted by molar-refractivity contribution is 7.88. The summed E-state index contributed by atoms with van der Waals surface area (Å²) in [4.78, 5) is 15.8. The SMILES string of the molecule is CN(C)CCCN(CC(=O)N(C)c1ccccc1)S(C)(=O)=O. The quantitative estimate of drug-likeness (QED) is 0.711. The van der Waals surface area contributed by atoms with E-state index in [0.717, 1.165) is 18.5 Å². The lowest BCUT2D eigenvalue weighted by molar-refractivity contribution is -0.118. The van der Waals surface area contributed by atoms with Crippen LogP contribution in [0.5, 0.6) is 0 Å². The fraction of sp³-hybridized carbons (Fsp3) is 0.533. The van der Waals surface area contributed by atoms with Crippen molar-refractivity contribution in [3.8, 4) is 0 Å². The molecule has 1 aromatic rings. The minimum atomic E-state index is -3.41. The van der Waals surface area contributed by atoms with Crippen molar-refractivity contribution in [1.29, 1.82) is 0 Å². The Balaban J connectivity index is 2.71. The normalized spacial score (nSPS) is 11.9. The Morgan fingerprint density at radius 3 is 2.14 bits per heavy atom. The Bertz CT molecular complexity index is 573. The Morgan fingerprint density at radius 1 is 1.05 bits per heavy atom. The maximum absolute atomic E-state index is 12.3. The van der Waals surface area contributed by atoms with Crippen LogP contribution in [-0.2, 0) is 14.8 Å². The Kier molecular flexibility index (Phi) is 6.99. The molecule has 0 unspecified atom stereocenters. The molecule has 0 fully saturated rings. The molecular formula is C15H25N3O3S. The zero-order chi connectivity index (χ0) is 16.8. The number of para-hydroxylation sites is 1. The van der Waals surface area contributed by atoms with Gasteiger partial charge < -0.3 is 9.80 Å². The minimum absolute atomic E-state index is 0.141. The van der Waals surface area contributed by atoms with Crippen molar-refractivity contribution in [2.75, 3.05) is 51.9 Å². The Labute approximate surface area is 133 Å². The van der Waals surface area contributed by atoms with E-state index in [1.807, 2.05) is 49.3 Å². The Hall–Kier alpha value is -1.44. The van der Waals surface area contributed by atoms with Crippen molar-refractivity contribution in [3.05, 3.63) is 30.3 Å². The van der Waals surface area contributed by atoms with Gasteiger partial charge in [0.25, 0.3) is 0 Å². The van der Waals surface area contributed by atoms with Gasteiger partial charge in [-0.05, 0) is 39.2 Å². The second kappa shape index (κ2) is 8.26. The predicted molar refractivity (Wildman–Crippen MR) is 89.4 cm³/mol. The number of likely N-dealkylation sites (N-methyl/N-ethyl adjacent to an activating group) is 1. The molecule has 124 valence electrons. The summed E-state index contributed by atoms with van der Waals surface area (Å²) in [6, 6.07) is 9.17. The van der Waals surface area contributed by atoms with E-state index in [4.69, 9.17) is 0 Å². The molecule has 1 rings (SSSR count). The van der Waals surface area contributed by atoms with Gasteiger partial charge in [-0.2, -0.15) is 4.31 Å². The molecular weight excluding hydrogens is 302 g/mol. The van der Waals surface area contributed by atoms with Crippen LogP contribution in [0.2, 0.25) is 0 Å². The number of carbonyl (C=O) groups excluding carboxylic acids is 1. The van der Waals surface area contributed by atoms with Crippen LogP contribution in [0, 0.1) is 0 Å². The van der Waals surface area contributed by atoms with E-state index in [1.54, 1.807) is 7.05 Å². The number of carbonyl (C=O) groups is 1. The summed E-state index contributed by atoms with van der Waals surface area (Å²) < 4.78 is 24.9. The number of hydrogen-bond acceptors (Lipinski definition) is 4. The molecule has 0 aliphatic rings. The average Bonchev–Trinajstić information content (AvgIpc) is 2.44. The molecule has 0 aromatic heterocycles. The van der Waals surface area contributed by atoms with Gasteiger partial charge >= 0.3 is 0 Å². The first kappa shape index (κ1) is 18.6. The average molecular weight is 327 g/mol. The number of anilines is 1. The zero-order valence-corrected chi connectivity index (χ0v) is 14.5. The molecule has 0 radical (unpaired) electrons. The second-order valence-electron chi connectivity index (χ2n) is 5.54. The summed E-state index contributed by atoms with van der Waals surface area (Å²) in [7, 11) is 2.10. The van der Waals surface area contributed by atoms with E-state index in [1.165, 1.54) is 9.21 Å². The topological polar surface area (TPSA) is 60.9 Å². The third kappa shape index (κ3) is 6.13. The molecule has 0 aliphatic heterocycles. The van der Waals surface area contributed by atoms with Gasteiger partial charge in [-0.1, -0.05) is 18.2 Å². The van der Waals surface area contributed by atoms with E-state index >= 15 is 0 Å². The molecule has 0 aliphatic carbocycles. The van der Waals surface area contributed by atoms with Gasteiger partial charge in [-0.15, -0.1) is 0 Å². The summed E-state index contributed by atoms with van der Waals surface area (Å²) in [6.07, 6.45) is 1.82. The standard InChI is InChI=1S/C15H25N3O3S/c1-16(2)11-8-12-18(22(4,20)21)13-15(19)17(3)14-9-6-5-7-10-14/h5-7,9-10H,8,11-13H2,1-4H3. The van der Waals surface area contributed by atoms with Crippen molar-refractivity contribution in [2.24, 2.45) is 0 Å². The molecule has 0 saturated carbocycles. The minimum Gasteiger partial charge on any atom is -0.314 e. The van der Waals surface area contributed by atoms with Gasteiger partial charge in [0.2, 0.25) is 15.9 Å². The number of sulfonamides is 1. The molecule has 0 spiro atoms. The third-order valence-corrected chi connectivity index (χ3v) is 4.56. The van der Waals surface area contributed by atoms with Crippen LogP contribution < -0.4 is 4.90 Å². The maximum Gasteiger partial charge on any atom is 0.242 e. The summed E-state index contributed by atoms with van der Waals surface area (Å²) in [6.45, 7) is 0.970. The van der Waals surface area contributed by atoms with Gasteiger partial charge in [-0.3, -0.25) is 4.79 Å². The van der Waals surface area contributed by atoms with Crippen molar-refractivity contribution in [1.82, 2.24) is 9.21 Å². The molecule has 0 bridgehead atoms. The van der Waals surface area contributed by atoms with Gasteiger partial charge in [0, 0.05) is 19.3 Å². The van der Waals surface area contributed by atoms with E-state index in [2.05, 4.69) is 0 Å². The molecule has 6 nitrogen and oxygen atoms in total. The van der Waals surface area contributed by atoms with E-state index in [0.29, 0.717) is 13.0 Å². The van der Waals surface area contributed by atoms with Crippen LogP contribution in [0.1, 0.15) is 6.42 Å². The van der Waals surface area contributed by atoms with E-state index < -0.39 is 10.0 Å². The van der Waals surface area contributed by atoms with Crippen LogP contribution in [-0.4, -0.2) is 70.6 Å². The van der Waals surface area contributed by atoms with Crippen molar-refractivity contribution < 1.29 is 13.2 Å². The van der Waals surface area contributed by atoms with E-state index in [-0.39, 0.29) is 12.5 Å². The second-order valence-corrected chi connectivity index (χ2v) is 7.52. The zero-order valence-electron chi connectivity index (χ0n) is 13.7. The predicted octanol–water partition coefficient (Wildman–Crippen LogP) is 0.863. The number of rotatable bonds is 8. The maximum atomic E-state index is 12.3. The highest BCUT2D eigenvalue weighted by Crippen LogP contribution is 2.12. The number of amides is 1. The van der Waals surface area contributed by atoms with Crippen LogP contribution in [0.3, 0.4) is 0 Å². The first-order valence-electron chi connectivity index (χ1n) is 7.13. The summed E-state index contributed by atoms with van der Waals surface area (Å²) in [5.41, 5.74) is 0.745. The molecule has 1 amide bonds. The summed E-state index contributed by atoms with van der Waals surface area (Å²) in [5.74, 6) is -0.249. The number of nitrogens with zero attached hydrogens (tertiary/aromatic N) is 3. The molecule has 22 heavy (non-hydrogen) atoms. The molecule has 1 aromatic carbocycles. The molecule has 0 saturated heterocycles. The fourth-order valence-corrected chi connectivity index (χ4v) is 2.78. The van der Waals surface area contributed by atoms with Crippen molar-refractivity contribution >= 4 is 21.6 Å². The number of hydrogen-bond donors (Lipinski definition) is 0. The third-order valence-electron chi connectivity index (χ3n) is 3.31. The van der Waals surface area contributed by atoms with Crippen LogP contribution in [0.4, 0.5) is 5.69 Å². The monoisotopic (exact) mass is 327 g/mol. The lowest BCUT2D eigenvalue weighted by atomic mass is 10.3. The van der Waals surface area contributed by atoms with Crippen LogP contribution in [0.15, 0.2) is 30.3 Å². The van der Waals surface area contributed by atoms with Crippen LogP contribution >= 0.6 is 0 Å². The fourth-order valence-electron chi connectivity index (χ4n) is 1.98. The highest BCUT2D eigenvalue weighted by atomic mass is 32.2.